The second-order valence-corrected chi connectivity index (χ2v) is 3.19. The van der Waals surface area contributed by atoms with E-state index >= 15 is 0 Å². The molecular weight excluding hydrogens is 168 g/mol. The number of amides is 1. The third kappa shape index (κ3) is 3.55. The first kappa shape index (κ1) is 12.1. The van der Waals surface area contributed by atoms with Crippen LogP contribution in [0.1, 0.15) is 19.8 Å². The highest BCUT2D eigenvalue weighted by Gasteiger charge is 2.23. The molecule has 1 unspecified atom stereocenters. The number of nitrogens with one attached hydrogen (secondary N) is 1. The predicted molar refractivity (Wildman–Crippen MR) is 51.5 cm³/mol. The van der Waals surface area contributed by atoms with Gasteiger partial charge in [0.25, 0.3) is 5.91 Å². The van der Waals surface area contributed by atoms with E-state index in [0.717, 1.165) is 6.42 Å². The topological polar surface area (TPSA) is 49.4 Å². The van der Waals surface area contributed by atoms with Gasteiger partial charge in [0.05, 0.1) is 6.04 Å². The Labute approximate surface area is 79.3 Å². The van der Waals surface area contributed by atoms with E-state index in [4.69, 9.17) is 0 Å². The number of hydrogen-bond donors (Lipinski definition) is 1. The van der Waals surface area contributed by atoms with Gasteiger partial charge >= 0.3 is 0 Å². The number of hydrogen-bond acceptors (Lipinski definition) is 3. The van der Waals surface area contributed by atoms with Crippen LogP contribution < -0.4 is 5.32 Å². The summed E-state index contributed by atoms with van der Waals surface area (Å²) in [4.78, 5) is 24.0. The van der Waals surface area contributed by atoms with Crippen molar-refractivity contribution in [2.45, 2.75) is 25.8 Å². The van der Waals surface area contributed by atoms with Crippen LogP contribution in [0, 0.1) is 0 Å². The minimum atomic E-state index is -0.437. The lowest BCUT2D eigenvalue weighted by molar-refractivity contribution is -0.144. The van der Waals surface area contributed by atoms with E-state index in [1.54, 1.807) is 21.1 Å². The fourth-order valence-corrected chi connectivity index (χ4v) is 1.06. The van der Waals surface area contributed by atoms with Crippen LogP contribution in [0.3, 0.4) is 0 Å². The minimum absolute atomic E-state index is 0.333. The molecule has 0 spiro atoms. The molecule has 0 fully saturated rings. The van der Waals surface area contributed by atoms with Gasteiger partial charge in [-0.15, -0.1) is 0 Å². The van der Waals surface area contributed by atoms with Crippen molar-refractivity contribution in [3.63, 3.8) is 0 Å². The Morgan fingerprint density at radius 2 is 1.92 bits per heavy atom. The Balaban J connectivity index is 4.28. The Morgan fingerprint density at radius 3 is 2.23 bits per heavy atom. The number of likely N-dealkylation sites (N-methyl/N-ethyl adjacent to an activating group) is 2. The van der Waals surface area contributed by atoms with Crippen molar-refractivity contribution in [2.24, 2.45) is 0 Å². The van der Waals surface area contributed by atoms with Crippen LogP contribution in [-0.4, -0.2) is 43.8 Å². The molecule has 4 nitrogen and oxygen atoms in total. The van der Waals surface area contributed by atoms with Crippen molar-refractivity contribution in [1.82, 2.24) is 10.2 Å². The Hall–Kier alpha value is -0.900. The summed E-state index contributed by atoms with van der Waals surface area (Å²) in [7, 11) is 4.86. The highest BCUT2D eigenvalue weighted by Crippen LogP contribution is 1.99. The van der Waals surface area contributed by atoms with E-state index in [0.29, 0.717) is 6.42 Å². The molecule has 0 bridgehead atoms. The molecule has 13 heavy (non-hydrogen) atoms. The van der Waals surface area contributed by atoms with E-state index in [1.807, 2.05) is 6.92 Å². The molecule has 76 valence electrons. The van der Waals surface area contributed by atoms with Crippen molar-refractivity contribution < 1.29 is 9.59 Å². The van der Waals surface area contributed by atoms with Gasteiger partial charge in [-0.3, -0.25) is 9.59 Å². The number of Topliss-reactive ketones (excluding diaryl/α,β-unsaturated/α-hetero) is 1. The highest BCUT2D eigenvalue weighted by molar-refractivity contribution is 6.37. The third-order valence-electron chi connectivity index (χ3n) is 1.86. The lowest BCUT2D eigenvalue weighted by Gasteiger charge is -2.16. The summed E-state index contributed by atoms with van der Waals surface area (Å²) >= 11 is 0. The standard InChI is InChI=1S/C9H18N2O2/c1-5-6-7(10-2)8(12)9(13)11(3)4/h7,10H,5-6H2,1-4H3. The SMILES string of the molecule is CCCC(NC)C(=O)C(=O)N(C)C. The zero-order chi connectivity index (χ0) is 10.4. The second-order valence-electron chi connectivity index (χ2n) is 3.19. The van der Waals surface area contributed by atoms with Gasteiger partial charge in [-0.1, -0.05) is 13.3 Å². The molecular formula is C9H18N2O2. The Bertz CT molecular complexity index is 190. The van der Waals surface area contributed by atoms with E-state index in [9.17, 15) is 9.59 Å². The zero-order valence-electron chi connectivity index (χ0n) is 8.76. The first-order valence-electron chi connectivity index (χ1n) is 4.47. The predicted octanol–water partition coefficient (Wildman–Crippen LogP) is 0.0318. The third-order valence-corrected chi connectivity index (χ3v) is 1.86. The van der Waals surface area contributed by atoms with Gasteiger partial charge in [-0.05, 0) is 13.5 Å². The molecule has 0 aromatic rings. The summed E-state index contributed by atoms with van der Waals surface area (Å²) in [6.07, 6.45) is 1.59. The number of nitrogens with zero attached hydrogens (tertiary/aromatic N) is 1. The summed E-state index contributed by atoms with van der Waals surface area (Å²) in [5, 5.41) is 2.84. The molecule has 0 aromatic heterocycles. The molecule has 0 heterocycles. The van der Waals surface area contributed by atoms with Crippen molar-refractivity contribution in [3.8, 4) is 0 Å². The molecule has 1 amide bonds. The lowest BCUT2D eigenvalue weighted by atomic mass is 10.1. The summed E-state index contributed by atoms with van der Waals surface area (Å²) in [5.41, 5.74) is 0. The van der Waals surface area contributed by atoms with E-state index in [-0.39, 0.29) is 11.8 Å². The van der Waals surface area contributed by atoms with Gasteiger partial charge in [0.15, 0.2) is 0 Å². The van der Waals surface area contributed by atoms with Crippen LogP contribution in [0.5, 0.6) is 0 Å². The van der Waals surface area contributed by atoms with Crippen molar-refractivity contribution in [1.29, 1.82) is 0 Å². The molecule has 0 radical (unpaired) electrons. The average molecular weight is 186 g/mol. The largest absolute Gasteiger partial charge is 0.342 e. The minimum Gasteiger partial charge on any atom is -0.342 e. The second kappa shape index (κ2) is 5.70. The van der Waals surface area contributed by atoms with Gasteiger partial charge in [-0.2, -0.15) is 0 Å². The molecule has 1 N–H and O–H groups in total. The first-order valence-corrected chi connectivity index (χ1v) is 4.47. The fraction of sp³-hybridized carbons (Fsp3) is 0.778. The zero-order valence-corrected chi connectivity index (χ0v) is 8.76. The summed E-state index contributed by atoms with van der Waals surface area (Å²) < 4.78 is 0. The highest BCUT2D eigenvalue weighted by atomic mass is 16.2. The summed E-state index contributed by atoms with van der Waals surface area (Å²) in [5.74, 6) is -0.790. The van der Waals surface area contributed by atoms with Gasteiger partial charge < -0.3 is 10.2 Å². The van der Waals surface area contributed by atoms with Gasteiger partial charge in [0, 0.05) is 14.1 Å². The molecule has 0 aliphatic carbocycles. The van der Waals surface area contributed by atoms with Gasteiger partial charge in [-0.25, -0.2) is 0 Å². The molecule has 0 aliphatic heterocycles. The monoisotopic (exact) mass is 186 g/mol. The van der Waals surface area contributed by atoms with E-state index in [1.165, 1.54) is 4.90 Å². The van der Waals surface area contributed by atoms with Crippen LogP contribution in [0.25, 0.3) is 0 Å². The molecule has 0 saturated carbocycles. The summed E-state index contributed by atoms with van der Waals surface area (Å²) in [6.45, 7) is 1.98. The van der Waals surface area contributed by atoms with Crippen LogP contribution in [0.4, 0.5) is 0 Å². The number of carbonyl (C=O) groups is 2. The van der Waals surface area contributed by atoms with Crippen molar-refractivity contribution in [3.05, 3.63) is 0 Å². The van der Waals surface area contributed by atoms with Crippen molar-refractivity contribution >= 4 is 11.7 Å². The maximum absolute atomic E-state index is 11.5. The molecule has 0 aliphatic rings. The van der Waals surface area contributed by atoms with Crippen LogP contribution in [0.2, 0.25) is 0 Å². The number of carbonyl (C=O) groups excluding carboxylic acids is 2. The van der Waals surface area contributed by atoms with Gasteiger partial charge in [0.2, 0.25) is 5.78 Å². The Kier molecular flexibility index (Phi) is 5.30. The normalized spacial score (nSPS) is 12.3. The average Bonchev–Trinajstić information content (AvgIpc) is 2.11. The molecule has 1 atom stereocenters. The van der Waals surface area contributed by atoms with Crippen LogP contribution >= 0.6 is 0 Å². The fourth-order valence-electron chi connectivity index (χ4n) is 1.06. The summed E-state index contributed by atoms with van der Waals surface area (Å²) in [6, 6.07) is -0.333. The van der Waals surface area contributed by atoms with E-state index in [2.05, 4.69) is 5.32 Å². The van der Waals surface area contributed by atoms with Crippen LogP contribution in [-0.2, 0) is 9.59 Å². The number of ketones is 1. The van der Waals surface area contributed by atoms with Crippen molar-refractivity contribution in [2.75, 3.05) is 21.1 Å². The molecule has 0 saturated heterocycles. The van der Waals surface area contributed by atoms with Crippen LogP contribution in [0.15, 0.2) is 0 Å². The smallest absolute Gasteiger partial charge is 0.291 e. The van der Waals surface area contributed by atoms with Gasteiger partial charge in [0.1, 0.15) is 0 Å². The molecule has 0 aromatic carbocycles. The molecule has 4 heteroatoms. The maximum atomic E-state index is 11.5. The Morgan fingerprint density at radius 1 is 1.38 bits per heavy atom. The molecule has 0 rings (SSSR count). The van der Waals surface area contributed by atoms with E-state index < -0.39 is 5.91 Å². The number of rotatable bonds is 5. The first-order chi connectivity index (χ1) is 6.04. The maximum Gasteiger partial charge on any atom is 0.291 e. The quantitative estimate of drug-likeness (QED) is 0.616. The lowest BCUT2D eigenvalue weighted by Crippen LogP contribution is -2.43.